The molecule has 6 nitrogen and oxygen atoms in total. The summed E-state index contributed by atoms with van der Waals surface area (Å²) in [5.41, 5.74) is 2.53. The largest absolute Gasteiger partial charge is 0.497 e. The van der Waals surface area contributed by atoms with E-state index >= 15 is 0 Å². The predicted molar refractivity (Wildman–Crippen MR) is 136 cm³/mol. The van der Waals surface area contributed by atoms with Gasteiger partial charge in [-0.25, -0.2) is 12.8 Å². The standard InChI is InChI=1S/C28H29FN2O4S/c1-20-6-16-26(17-7-20)36(33,34)31-18-4-5-27(23-10-14-25(35-3)15-11-23)30(28(32)21(31)2)19-22-8-12-24(29)13-9-22/h4-17,21,27H,18-19H2,1-3H3/b5-4-. The number of nitrogens with zero attached hydrogens (tertiary/aromatic N) is 2. The average Bonchev–Trinajstić information content (AvgIpc) is 2.88. The number of amides is 1. The van der Waals surface area contributed by atoms with Gasteiger partial charge in [0.25, 0.3) is 0 Å². The van der Waals surface area contributed by atoms with E-state index in [9.17, 15) is 17.6 Å². The molecule has 0 aromatic heterocycles. The molecule has 1 aliphatic heterocycles. The van der Waals surface area contributed by atoms with E-state index in [4.69, 9.17) is 4.74 Å². The molecule has 0 saturated heterocycles. The topological polar surface area (TPSA) is 66.9 Å². The Labute approximate surface area is 211 Å². The van der Waals surface area contributed by atoms with Crippen LogP contribution in [-0.2, 0) is 21.4 Å². The van der Waals surface area contributed by atoms with Gasteiger partial charge in [0.05, 0.1) is 18.0 Å². The number of benzene rings is 3. The van der Waals surface area contributed by atoms with Gasteiger partial charge in [-0.05, 0) is 61.4 Å². The summed E-state index contributed by atoms with van der Waals surface area (Å²) in [6, 6.07) is 18.5. The number of hydrogen-bond donors (Lipinski definition) is 0. The van der Waals surface area contributed by atoms with E-state index in [1.807, 2.05) is 37.3 Å². The van der Waals surface area contributed by atoms with Crippen LogP contribution in [0.15, 0.2) is 89.8 Å². The van der Waals surface area contributed by atoms with Gasteiger partial charge >= 0.3 is 0 Å². The Balaban J connectivity index is 1.75. The van der Waals surface area contributed by atoms with Crippen molar-refractivity contribution < 1.29 is 22.3 Å². The summed E-state index contributed by atoms with van der Waals surface area (Å²) in [5, 5.41) is 0. The Hall–Kier alpha value is -3.49. The highest BCUT2D eigenvalue weighted by Gasteiger charge is 2.38. The molecule has 1 aliphatic rings. The maximum absolute atomic E-state index is 13.9. The van der Waals surface area contributed by atoms with Crippen molar-refractivity contribution in [3.05, 3.63) is 107 Å². The summed E-state index contributed by atoms with van der Waals surface area (Å²) in [7, 11) is -2.34. The lowest BCUT2D eigenvalue weighted by Gasteiger charge is -2.37. The molecule has 2 atom stereocenters. The third kappa shape index (κ3) is 5.34. The number of hydrogen-bond acceptors (Lipinski definition) is 4. The Bertz CT molecular complexity index is 1340. The van der Waals surface area contributed by atoms with Crippen LogP contribution >= 0.6 is 0 Å². The van der Waals surface area contributed by atoms with E-state index in [-0.39, 0.29) is 29.7 Å². The Morgan fingerprint density at radius 1 is 0.972 bits per heavy atom. The maximum Gasteiger partial charge on any atom is 0.244 e. The molecule has 0 spiro atoms. The second-order valence-electron chi connectivity index (χ2n) is 8.80. The summed E-state index contributed by atoms with van der Waals surface area (Å²) in [4.78, 5) is 15.7. The van der Waals surface area contributed by atoms with Gasteiger partial charge in [-0.15, -0.1) is 0 Å². The molecule has 188 valence electrons. The van der Waals surface area contributed by atoms with Gasteiger partial charge in [0.15, 0.2) is 0 Å². The molecule has 1 heterocycles. The molecular weight excluding hydrogens is 479 g/mol. The van der Waals surface area contributed by atoms with Crippen molar-refractivity contribution in [2.24, 2.45) is 0 Å². The zero-order valence-corrected chi connectivity index (χ0v) is 21.3. The van der Waals surface area contributed by atoms with Crippen LogP contribution in [0, 0.1) is 12.7 Å². The molecule has 1 amide bonds. The predicted octanol–water partition coefficient (Wildman–Crippen LogP) is 4.86. The van der Waals surface area contributed by atoms with E-state index in [0.29, 0.717) is 5.75 Å². The second kappa shape index (κ2) is 10.6. The summed E-state index contributed by atoms with van der Waals surface area (Å²) >= 11 is 0. The first kappa shape index (κ1) is 25.6. The lowest BCUT2D eigenvalue weighted by molar-refractivity contribution is -0.137. The minimum Gasteiger partial charge on any atom is -0.497 e. The molecule has 0 saturated carbocycles. The smallest absolute Gasteiger partial charge is 0.244 e. The van der Waals surface area contributed by atoms with Crippen LogP contribution in [0.25, 0.3) is 0 Å². The Morgan fingerprint density at radius 3 is 2.22 bits per heavy atom. The van der Waals surface area contributed by atoms with Crippen LogP contribution in [0.4, 0.5) is 4.39 Å². The van der Waals surface area contributed by atoms with Crippen molar-refractivity contribution in [2.45, 2.75) is 37.4 Å². The van der Waals surface area contributed by atoms with Crippen molar-refractivity contribution >= 4 is 15.9 Å². The van der Waals surface area contributed by atoms with Crippen molar-refractivity contribution in [2.75, 3.05) is 13.7 Å². The van der Waals surface area contributed by atoms with E-state index in [2.05, 4.69) is 0 Å². The minimum atomic E-state index is -3.92. The lowest BCUT2D eigenvalue weighted by atomic mass is 10.0. The molecule has 4 rings (SSSR count). The molecular formula is C28H29FN2O4S. The zero-order valence-electron chi connectivity index (χ0n) is 20.5. The number of carbonyl (C=O) groups is 1. The first-order valence-electron chi connectivity index (χ1n) is 11.6. The third-order valence-corrected chi connectivity index (χ3v) is 8.31. The fraction of sp³-hybridized carbons (Fsp3) is 0.250. The fourth-order valence-corrected chi connectivity index (χ4v) is 5.80. The molecule has 36 heavy (non-hydrogen) atoms. The first-order chi connectivity index (χ1) is 17.2. The first-order valence-corrected chi connectivity index (χ1v) is 13.1. The van der Waals surface area contributed by atoms with E-state index in [1.165, 1.54) is 16.4 Å². The zero-order chi connectivity index (χ0) is 25.9. The van der Waals surface area contributed by atoms with Crippen molar-refractivity contribution in [1.29, 1.82) is 0 Å². The van der Waals surface area contributed by atoms with Crippen LogP contribution in [-0.4, -0.2) is 43.2 Å². The van der Waals surface area contributed by atoms with Crippen molar-refractivity contribution in [3.8, 4) is 5.75 Å². The number of halogens is 1. The van der Waals surface area contributed by atoms with Crippen molar-refractivity contribution in [1.82, 2.24) is 9.21 Å². The number of carbonyl (C=O) groups excluding carboxylic acids is 1. The van der Waals surface area contributed by atoms with Crippen LogP contribution in [0.3, 0.4) is 0 Å². The van der Waals surface area contributed by atoms with E-state index in [0.717, 1.165) is 16.7 Å². The van der Waals surface area contributed by atoms with Gasteiger partial charge in [0.1, 0.15) is 17.6 Å². The molecule has 0 fully saturated rings. The maximum atomic E-state index is 13.9. The van der Waals surface area contributed by atoms with Gasteiger partial charge in [-0.1, -0.05) is 54.1 Å². The third-order valence-electron chi connectivity index (χ3n) is 6.36. The van der Waals surface area contributed by atoms with Gasteiger partial charge in [0.2, 0.25) is 15.9 Å². The van der Waals surface area contributed by atoms with Crippen LogP contribution in [0.2, 0.25) is 0 Å². The Kier molecular flexibility index (Phi) is 7.56. The van der Waals surface area contributed by atoms with Gasteiger partial charge in [-0.2, -0.15) is 4.31 Å². The highest BCUT2D eigenvalue weighted by molar-refractivity contribution is 7.89. The number of aryl methyl sites for hydroxylation is 1. The Morgan fingerprint density at radius 2 is 1.61 bits per heavy atom. The van der Waals surface area contributed by atoms with Crippen molar-refractivity contribution in [3.63, 3.8) is 0 Å². The van der Waals surface area contributed by atoms with Crippen LogP contribution in [0.5, 0.6) is 5.75 Å². The minimum absolute atomic E-state index is 0.0557. The molecule has 0 bridgehead atoms. The fourth-order valence-electron chi connectivity index (χ4n) is 4.26. The lowest BCUT2D eigenvalue weighted by Crippen LogP contribution is -2.51. The molecule has 8 heteroatoms. The molecule has 3 aromatic rings. The van der Waals surface area contributed by atoms with E-state index in [1.54, 1.807) is 61.4 Å². The number of ether oxygens (including phenoxy) is 1. The summed E-state index contributed by atoms with van der Waals surface area (Å²) in [5.74, 6) is -0.0259. The van der Waals surface area contributed by atoms with Gasteiger partial charge < -0.3 is 9.64 Å². The molecule has 2 unspecified atom stereocenters. The second-order valence-corrected chi connectivity index (χ2v) is 10.7. The quantitative estimate of drug-likeness (QED) is 0.446. The van der Waals surface area contributed by atoms with Crippen LogP contribution in [0.1, 0.15) is 29.7 Å². The SMILES string of the molecule is COc1ccc(C2/C=C\CN(S(=O)(=O)c3ccc(C)cc3)C(C)C(=O)N2Cc2ccc(F)cc2)cc1. The normalized spacial score (nSPS) is 20.0. The summed E-state index contributed by atoms with van der Waals surface area (Å²) in [6.07, 6.45) is 3.62. The molecule has 0 radical (unpaired) electrons. The highest BCUT2D eigenvalue weighted by Crippen LogP contribution is 2.31. The average molecular weight is 509 g/mol. The van der Waals surface area contributed by atoms with Crippen LogP contribution < -0.4 is 4.74 Å². The summed E-state index contributed by atoms with van der Waals surface area (Å²) < 4.78 is 47.0. The number of sulfonamides is 1. The molecule has 0 aliphatic carbocycles. The number of methoxy groups -OCH3 is 1. The molecule has 3 aromatic carbocycles. The van der Waals surface area contributed by atoms with Gasteiger partial charge in [0, 0.05) is 13.1 Å². The summed E-state index contributed by atoms with van der Waals surface area (Å²) in [6.45, 7) is 3.73. The van der Waals surface area contributed by atoms with E-state index < -0.39 is 22.1 Å². The van der Waals surface area contributed by atoms with Gasteiger partial charge in [-0.3, -0.25) is 4.79 Å². The highest BCUT2D eigenvalue weighted by atomic mass is 32.2. The molecule has 0 N–H and O–H groups in total. The monoisotopic (exact) mass is 508 g/mol. The number of rotatable bonds is 6.